The van der Waals surface area contributed by atoms with Crippen LogP contribution in [0.2, 0.25) is 0 Å². The number of rotatable bonds is 8. The minimum absolute atomic E-state index is 0.000645. The molecule has 1 amide bonds. The number of hydrogen-bond acceptors (Lipinski definition) is 7. The fourth-order valence-electron chi connectivity index (χ4n) is 4.06. The highest BCUT2D eigenvalue weighted by atomic mass is 32.2. The second-order valence-electron chi connectivity index (χ2n) is 9.97. The van der Waals surface area contributed by atoms with Gasteiger partial charge in [-0.05, 0) is 63.4 Å². The number of sulfonamides is 1. The van der Waals surface area contributed by atoms with Crippen molar-refractivity contribution in [1.82, 2.24) is 9.62 Å². The van der Waals surface area contributed by atoms with Crippen LogP contribution in [0, 0.1) is 5.92 Å². The summed E-state index contributed by atoms with van der Waals surface area (Å²) < 4.78 is 33.6. The lowest BCUT2D eigenvalue weighted by Gasteiger charge is -2.32. The number of aromatic hydroxyl groups is 1. The van der Waals surface area contributed by atoms with E-state index in [4.69, 9.17) is 4.74 Å². The van der Waals surface area contributed by atoms with Gasteiger partial charge in [0.05, 0.1) is 16.4 Å². The number of carbonyl (C=O) groups excluding carboxylic acids is 2. The van der Waals surface area contributed by atoms with Crippen LogP contribution in [0.4, 0.5) is 0 Å². The average molecular weight is 533 g/mol. The first-order chi connectivity index (χ1) is 17.3. The van der Waals surface area contributed by atoms with Crippen molar-refractivity contribution >= 4 is 27.9 Å². The lowest BCUT2D eigenvalue weighted by Crippen LogP contribution is -2.50. The summed E-state index contributed by atoms with van der Waals surface area (Å²) in [6.07, 6.45) is 0.776. The van der Waals surface area contributed by atoms with E-state index in [-0.39, 0.29) is 35.7 Å². The Balaban J connectivity index is 1.76. The van der Waals surface area contributed by atoms with E-state index in [1.54, 1.807) is 39.0 Å². The lowest BCUT2D eigenvalue weighted by molar-refractivity contribution is -0.142. The molecule has 3 N–H and O–H groups in total. The molecule has 1 aliphatic heterocycles. The summed E-state index contributed by atoms with van der Waals surface area (Å²) in [6.45, 7) is 5.05. The van der Waals surface area contributed by atoms with Crippen molar-refractivity contribution in [3.63, 3.8) is 0 Å². The number of esters is 1. The summed E-state index contributed by atoms with van der Waals surface area (Å²) in [5.41, 5.74) is -0.302. The summed E-state index contributed by atoms with van der Waals surface area (Å²) in [6, 6.07) is 10.5. The van der Waals surface area contributed by atoms with Crippen molar-refractivity contribution in [2.24, 2.45) is 5.92 Å². The fourth-order valence-corrected chi connectivity index (χ4v) is 5.77. The fraction of sp³-hybridized carbons (Fsp3) is 0.423. The first kappa shape index (κ1) is 28.1. The molecule has 1 heterocycles. The highest BCUT2D eigenvalue weighted by Crippen LogP contribution is 2.27. The Bertz CT molecular complexity index is 1250. The number of carboxylic acids is 1. The summed E-state index contributed by atoms with van der Waals surface area (Å²) in [5, 5.41) is 21.6. The maximum absolute atomic E-state index is 13.5. The third-order valence-corrected chi connectivity index (χ3v) is 7.79. The van der Waals surface area contributed by atoms with Crippen molar-refractivity contribution in [2.75, 3.05) is 13.1 Å². The van der Waals surface area contributed by atoms with Gasteiger partial charge in [-0.3, -0.25) is 4.79 Å². The second kappa shape index (κ2) is 11.3. The number of phenolic OH excluding ortho intramolecular Hbond substituents is 1. The lowest BCUT2D eigenvalue weighted by atomic mass is 9.97. The average Bonchev–Trinajstić information content (AvgIpc) is 2.83. The first-order valence-corrected chi connectivity index (χ1v) is 13.4. The Hall–Kier alpha value is -3.44. The topological polar surface area (TPSA) is 150 Å². The summed E-state index contributed by atoms with van der Waals surface area (Å²) in [5.74, 6) is -3.29. The van der Waals surface area contributed by atoms with Gasteiger partial charge >= 0.3 is 11.9 Å². The van der Waals surface area contributed by atoms with E-state index < -0.39 is 45.4 Å². The van der Waals surface area contributed by atoms with Gasteiger partial charge in [0.25, 0.3) is 0 Å². The second-order valence-corrected chi connectivity index (χ2v) is 11.9. The number of benzene rings is 2. The Morgan fingerprint density at radius 3 is 2.38 bits per heavy atom. The molecule has 11 heteroatoms. The van der Waals surface area contributed by atoms with Gasteiger partial charge in [-0.25, -0.2) is 18.0 Å². The molecule has 2 atom stereocenters. The molecule has 0 radical (unpaired) electrons. The number of carbonyl (C=O) groups is 3. The van der Waals surface area contributed by atoms with Gasteiger partial charge in [-0.1, -0.05) is 24.3 Å². The number of ether oxygens (including phenoxy) is 1. The molecule has 0 aromatic heterocycles. The van der Waals surface area contributed by atoms with Gasteiger partial charge in [0.15, 0.2) is 0 Å². The molecule has 0 spiro atoms. The monoisotopic (exact) mass is 532 g/mol. The summed E-state index contributed by atoms with van der Waals surface area (Å²) in [7, 11) is -4.14. The van der Waals surface area contributed by atoms with Gasteiger partial charge in [0.2, 0.25) is 15.9 Å². The predicted octanol–water partition coefficient (Wildman–Crippen LogP) is 2.56. The molecular weight excluding hydrogens is 500 g/mol. The van der Waals surface area contributed by atoms with Gasteiger partial charge in [-0.15, -0.1) is 0 Å². The molecule has 1 unspecified atom stereocenters. The van der Waals surface area contributed by atoms with Crippen molar-refractivity contribution < 1.29 is 37.8 Å². The Morgan fingerprint density at radius 1 is 1.11 bits per heavy atom. The number of piperidine rings is 1. The van der Waals surface area contributed by atoms with Crippen LogP contribution in [0.15, 0.2) is 53.4 Å². The number of nitrogens with zero attached hydrogens (tertiary/aromatic N) is 1. The molecule has 2 aromatic rings. The maximum atomic E-state index is 13.5. The Morgan fingerprint density at radius 2 is 1.76 bits per heavy atom. The quantitative estimate of drug-likeness (QED) is 0.439. The standard InChI is InChI=1S/C26H32N2O8S/c1-26(2,3)36-25(33)20-8-4-5-9-22(20)37(34,35)28-14-6-7-18(16-28)23(30)27-21(24(31)32)15-17-10-12-19(29)13-11-17/h4-5,8-13,18,21,29H,6-7,14-16H2,1-3H3,(H,27,30)(H,31,32)/t18?,21-/m0/s1. The van der Waals surface area contributed by atoms with E-state index in [1.165, 1.54) is 30.3 Å². The zero-order valence-corrected chi connectivity index (χ0v) is 21.8. The highest BCUT2D eigenvalue weighted by Gasteiger charge is 2.37. The van der Waals surface area contributed by atoms with Crippen molar-refractivity contribution in [3.05, 3.63) is 59.7 Å². The molecule has 10 nitrogen and oxygen atoms in total. The third kappa shape index (κ3) is 7.30. The van der Waals surface area contributed by atoms with E-state index >= 15 is 0 Å². The zero-order chi connectivity index (χ0) is 27.4. The highest BCUT2D eigenvalue weighted by molar-refractivity contribution is 7.89. The van der Waals surface area contributed by atoms with Crippen molar-refractivity contribution in [2.45, 2.75) is 56.6 Å². The molecule has 0 bridgehead atoms. The number of amides is 1. The SMILES string of the molecule is CC(C)(C)OC(=O)c1ccccc1S(=O)(=O)N1CCCC(C(=O)N[C@@H](Cc2ccc(O)cc2)C(=O)O)C1. The van der Waals surface area contributed by atoms with Gasteiger partial charge in [0, 0.05) is 19.5 Å². The van der Waals surface area contributed by atoms with Gasteiger partial charge in [-0.2, -0.15) is 4.31 Å². The van der Waals surface area contributed by atoms with Gasteiger partial charge < -0.3 is 20.3 Å². The van der Waals surface area contributed by atoms with E-state index in [0.29, 0.717) is 18.4 Å². The van der Waals surface area contributed by atoms with Crippen LogP contribution >= 0.6 is 0 Å². The number of nitrogens with one attached hydrogen (secondary N) is 1. The van der Waals surface area contributed by atoms with Crippen LogP contribution in [0.3, 0.4) is 0 Å². The molecule has 200 valence electrons. The van der Waals surface area contributed by atoms with Crippen molar-refractivity contribution in [3.8, 4) is 5.75 Å². The van der Waals surface area contributed by atoms with Crippen LogP contribution in [0.25, 0.3) is 0 Å². The third-order valence-electron chi connectivity index (χ3n) is 5.87. The number of phenols is 1. The van der Waals surface area contributed by atoms with Gasteiger partial charge in [0.1, 0.15) is 17.4 Å². The first-order valence-electron chi connectivity index (χ1n) is 11.9. The molecular formula is C26H32N2O8S. The number of carboxylic acid groups (broad SMARTS) is 1. The molecule has 2 aromatic carbocycles. The van der Waals surface area contributed by atoms with Crippen LogP contribution in [0.1, 0.15) is 49.5 Å². The van der Waals surface area contributed by atoms with Crippen LogP contribution in [-0.4, -0.2) is 65.5 Å². The van der Waals surface area contributed by atoms with E-state index in [2.05, 4.69) is 5.32 Å². The molecule has 0 saturated carbocycles. The number of aliphatic carboxylic acids is 1. The predicted molar refractivity (Wildman–Crippen MR) is 134 cm³/mol. The van der Waals surface area contributed by atoms with E-state index in [1.807, 2.05) is 0 Å². The normalized spacial score (nSPS) is 17.5. The van der Waals surface area contributed by atoms with E-state index in [9.17, 15) is 33.0 Å². The number of hydrogen-bond donors (Lipinski definition) is 3. The summed E-state index contributed by atoms with van der Waals surface area (Å²) in [4.78, 5) is 37.3. The Labute approximate surface area is 216 Å². The Kier molecular flexibility index (Phi) is 8.60. The minimum Gasteiger partial charge on any atom is -0.508 e. The molecule has 0 aliphatic carbocycles. The molecule has 1 fully saturated rings. The smallest absolute Gasteiger partial charge is 0.340 e. The maximum Gasteiger partial charge on any atom is 0.340 e. The zero-order valence-electron chi connectivity index (χ0n) is 21.0. The molecule has 3 rings (SSSR count). The van der Waals surface area contributed by atoms with Crippen LogP contribution in [-0.2, 0) is 30.8 Å². The molecule has 1 aliphatic rings. The molecule has 1 saturated heterocycles. The van der Waals surface area contributed by atoms with Crippen LogP contribution in [0.5, 0.6) is 5.75 Å². The summed E-state index contributed by atoms with van der Waals surface area (Å²) >= 11 is 0. The van der Waals surface area contributed by atoms with Crippen LogP contribution < -0.4 is 5.32 Å². The largest absolute Gasteiger partial charge is 0.508 e. The molecule has 37 heavy (non-hydrogen) atoms. The van der Waals surface area contributed by atoms with Crippen molar-refractivity contribution in [1.29, 1.82) is 0 Å². The minimum atomic E-state index is -4.14. The van der Waals surface area contributed by atoms with E-state index in [0.717, 1.165) is 4.31 Å².